The molecular formula is C26H22N4O4. The molecule has 0 aliphatic rings. The van der Waals surface area contributed by atoms with Gasteiger partial charge in [-0.25, -0.2) is 0 Å². The standard InChI is InChI=1S/C26H22N4O4/c1-16-10-17(2)12-21(11-16)34-25-22(26(32)30-8-4-6-18(3)23(30)29-25)13-19(14-27)24(31)28-15-20-7-5-9-33-20/h4-13H,15H2,1-3H3,(H,28,31). The van der Waals surface area contributed by atoms with Crippen LogP contribution in [-0.2, 0) is 11.3 Å². The van der Waals surface area contributed by atoms with Crippen molar-refractivity contribution in [3.63, 3.8) is 0 Å². The lowest BCUT2D eigenvalue weighted by molar-refractivity contribution is -0.117. The van der Waals surface area contributed by atoms with Gasteiger partial charge >= 0.3 is 0 Å². The number of nitrogens with one attached hydrogen (secondary N) is 1. The third kappa shape index (κ3) is 4.74. The van der Waals surface area contributed by atoms with Crippen LogP contribution >= 0.6 is 0 Å². The number of ether oxygens (including phenoxy) is 1. The van der Waals surface area contributed by atoms with Gasteiger partial charge in [-0.15, -0.1) is 0 Å². The summed E-state index contributed by atoms with van der Waals surface area (Å²) in [6.45, 7) is 5.81. The van der Waals surface area contributed by atoms with Crippen LogP contribution < -0.4 is 15.6 Å². The molecule has 1 aromatic carbocycles. The first kappa shape index (κ1) is 22.6. The SMILES string of the molecule is Cc1cc(C)cc(Oc2nc3c(C)cccn3c(=O)c2C=C(C#N)C(=O)NCc2ccco2)c1. The molecule has 8 nitrogen and oxygen atoms in total. The number of pyridine rings is 1. The molecule has 34 heavy (non-hydrogen) atoms. The Bertz CT molecular complexity index is 1490. The van der Waals surface area contributed by atoms with Crippen LogP contribution in [0, 0.1) is 32.1 Å². The molecule has 0 unspecified atom stereocenters. The van der Waals surface area contributed by atoms with Gasteiger partial charge in [0.2, 0.25) is 5.88 Å². The van der Waals surface area contributed by atoms with E-state index in [0.717, 1.165) is 16.7 Å². The first-order valence-electron chi connectivity index (χ1n) is 10.6. The quantitative estimate of drug-likeness (QED) is 0.345. The second-order valence-electron chi connectivity index (χ2n) is 7.88. The van der Waals surface area contributed by atoms with E-state index in [9.17, 15) is 14.9 Å². The van der Waals surface area contributed by atoms with E-state index in [4.69, 9.17) is 9.15 Å². The summed E-state index contributed by atoms with van der Waals surface area (Å²) < 4.78 is 12.6. The highest BCUT2D eigenvalue weighted by atomic mass is 16.5. The van der Waals surface area contributed by atoms with Gasteiger partial charge in [0.15, 0.2) is 0 Å². The molecule has 0 atom stereocenters. The minimum absolute atomic E-state index is 0.00745. The Labute approximate surface area is 195 Å². The second kappa shape index (κ2) is 9.46. The summed E-state index contributed by atoms with van der Waals surface area (Å²) in [6.07, 6.45) is 4.28. The highest BCUT2D eigenvalue weighted by molar-refractivity contribution is 6.01. The summed E-state index contributed by atoms with van der Waals surface area (Å²) in [6, 6.07) is 14.5. The van der Waals surface area contributed by atoms with Gasteiger partial charge < -0.3 is 14.5 Å². The molecular weight excluding hydrogens is 432 g/mol. The third-order valence-corrected chi connectivity index (χ3v) is 5.12. The van der Waals surface area contributed by atoms with Gasteiger partial charge in [0, 0.05) is 6.20 Å². The molecule has 170 valence electrons. The first-order chi connectivity index (χ1) is 16.4. The van der Waals surface area contributed by atoms with Crippen molar-refractivity contribution >= 4 is 17.6 Å². The smallest absolute Gasteiger partial charge is 0.269 e. The van der Waals surface area contributed by atoms with Crippen LogP contribution in [0.2, 0.25) is 0 Å². The monoisotopic (exact) mass is 454 g/mol. The van der Waals surface area contributed by atoms with E-state index in [0.29, 0.717) is 17.2 Å². The zero-order valence-corrected chi connectivity index (χ0v) is 19.0. The van der Waals surface area contributed by atoms with Crippen molar-refractivity contribution in [1.82, 2.24) is 14.7 Å². The number of nitrogens with zero attached hydrogens (tertiary/aromatic N) is 3. The molecule has 0 spiro atoms. The summed E-state index contributed by atoms with van der Waals surface area (Å²) >= 11 is 0. The number of carbonyl (C=O) groups is 1. The lowest BCUT2D eigenvalue weighted by Crippen LogP contribution is -2.25. The minimum atomic E-state index is -0.648. The van der Waals surface area contributed by atoms with Gasteiger partial charge in [-0.3, -0.25) is 14.0 Å². The number of rotatable bonds is 6. The second-order valence-corrected chi connectivity index (χ2v) is 7.88. The maximum Gasteiger partial charge on any atom is 0.269 e. The number of carbonyl (C=O) groups excluding carboxylic acids is 1. The van der Waals surface area contributed by atoms with E-state index < -0.39 is 11.5 Å². The van der Waals surface area contributed by atoms with Crippen LogP contribution in [0.15, 0.2) is 69.7 Å². The van der Waals surface area contributed by atoms with Gasteiger partial charge in [0.25, 0.3) is 11.5 Å². The van der Waals surface area contributed by atoms with Crippen molar-refractivity contribution in [3.05, 3.63) is 98.9 Å². The number of hydrogen-bond donors (Lipinski definition) is 1. The van der Waals surface area contributed by atoms with Crippen molar-refractivity contribution in [2.75, 3.05) is 0 Å². The number of aryl methyl sites for hydroxylation is 3. The fourth-order valence-corrected chi connectivity index (χ4v) is 3.57. The Morgan fingerprint density at radius 1 is 1.21 bits per heavy atom. The van der Waals surface area contributed by atoms with Crippen molar-refractivity contribution in [1.29, 1.82) is 5.26 Å². The van der Waals surface area contributed by atoms with Gasteiger partial charge in [-0.1, -0.05) is 12.1 Å². The number of hydrogen-bond acceptors (Lipinski definition) is 6. The fraction of sp³-hybridized carbons (Fsp3) is 0.154. The third-order valence-electron chi connectivity index (χ3n) is 5.12. The van der Waals surface area contributed by atoms with Gasteiger partial charge in [0.05, 0.1) is 12.8 Å². The lowest BCUT2D eigenvalue weighted by atomic mass is 10.1. The molecule has 0 aliphatic heterocycles. The Balaban J connectivity index is 1.81. The average molecular weight is 454 g/mol. The number of benzene rings is 1. The predicted octanol–water partition coefficient (Wildman–Crippen LogP) is 4.23. The van der Waals surface area contributed by atoms with Crippen LogP contribution in [0.5, 0.6) is 11.6 Å². The minimum Gasteiger partial charge on any atom is -0.467 e. The van der Waals surface area contributed by atoms with Crippen molar-refractivity contribution in [2.24, 2.45) is 0 Å². The maximum absolute atomic E-state index is 13.4. The zero-order valence-electron chi connectivity index (χ0n) is 19.0. The number of amides is 1. The molecule has 3 aromatic heterocycles. The van der Waals surface area contributed by atoms with Crippen molar-refractivity contribution < 1.29 is 13.9 Å². The molecule has 0 radical (unpaired) electrons. The average Bonchev–Trinajstić information content (AvgIpc) is 3.31. The Morgan fingerprint density at radius 2 is 1.97 bits per heavy atom. The molecule has 8 heteroatoms. The van der Waals surface area contributed by atoms with Gasteiger partial charge in [-0.05, 0) is 73.9 Å². The van der Waals surface area contributed by atoms with Gasteiger partial charge in [0.1, 0.15) is 34.4 Å². The maximum atomic E-state index is 13.4. The zero-order chi connectivity index (χ0) is 24.2. The molecule has 1 N–H and O–H groups in total. The van der Waals surface area contributed by atoms with Crippen molar-refractivity contribution in [3.8, 4) is 17.7 Å². The number of nitriles is 1. The van der Waals surface area contributed by atoms with E-state index in [-0.39, 0.29) is 23.6 Å². The van der Waals surface area contributed by atoms with Gasteiger partial charge in [-0.2, -0.15) is 10.2 Å². The molecule has 3 heterocycles. The molecule has 0 aliphatic carbocycles. The number of aromatic nitrogens is 2. The van der Waals surface area contributed by atoms with E-state index in [1.165, 1.54) is 16.7 Å². The van der Waals surface area contributed by atoms with Crippen LogP contribution in [-0.4, -0.2) is 15.3 Å². The molecule has 4 rings (SSSR count). The Hall–Kier alpha value is -4.64. The largest absolute Gasteiger partial charge is 0.467 e. The molecule has 4 aromatic rings. The molecule has 0 saturated heterocycles. The van der Waals surface area contributed by atoms with Crippen LogP contribution in [0.3, 0.4) is 0 Å². The first-order valence-corrected chi connectivity index (χ1v) is 10.6. The Kier molecular flexibility index (Phi) is 6.28. The number of fused-ring (bicyclic) bond motifs is 1. The van der Waals surface area contributed by atoms with Crippen molar-refractivity contribution in [2.45, 2.75) is 27.3 Å². The highest BCUT2D eigenvalue weighted by Gasteiger charge is 2.18. The molecule has 0 bridgehead atoms. The topological polar surface area (TPSA) is 110 Å². The molecule has 1 amide bonds. The Morgan fingerprint density at radius 3 is 2.65 bits per heavy atom. The van der Waals surface area contributed by atoms with E-state index >= 15 is 0 Å². The fourth-order valence-electron chi connectivity index (χ4n) is 3.57. The summed E-state index contributed by atoms with van der Waals surface area (Å²) in [5.74, 6) is 0.394. The van der Waals surface area contributed by atoms with Crippen LogP contribution in [0.1, 0.15) is 28.0 Å². The summed E-state index contributed by atoms with van der Waals surface area (Å²) in [7, 11) is 0. The van der Waals surface area contributed by atoms with Crippen LogP contribution in [0.4, 0.5) is 0 Å². The van der Waals surface area contributed by atoms with E-state index in [1.807, 2.05) is 51.1 Å². The van der Waals surface area contributed by atoms with E-state index in [2.05, 4.69) is 10.3 Å². The van der Waals surface area contributed by atoms with E-state index in [1.54, 1.807) is 24.4 Å². The highest BCUT2D eigenvalue weighted by Crippen LogP contribution is 2.26. The number of furan rings is 1. The predicted molar refractivity (Wildman–Crippen MR) is 126 cm³/mol. The molecule has 0 saturated carbocycles. The summed E-state index contributed by atoms with van der Waals surface area (Å²) in [5, 5.41) is 12.3. The lowest BCUT2D eigenvalue weighted by Gasteiger charge is -2.12. The summed E-state index contributed by atoms with van der Waals surface area (Å²) in [5.41, 5.74) is 2.43. The molecule has 0 fully saturated rings. The summed E-state index contributed by atoms with van der Waals surface area (Å²) in [4.78, 5) is 30.6. The normalized spacial score (nSPS) is 11.3. The van der Waals surface area contributed by atoms with Crippen LogP contribution in [0.25, 0.3) is 11.7 Å².